The number of rotatable bonds is 6. The molecule has 4 rings (SSSR count). The molecule has 1 amide bonds. The van der Waals surface area contributed by atoms with Crippen LogP contribution >= 0.6 is 11.3 Å². The summed E-state index contributed by atoms with van der Waals surface area (Å²) in [6.45, 7) is 2.26. The monoisotopic (exact) mass is 394 g/mol. The van der Waals surface area contributed by atoms with Crippen molar-refractivity contribution in [3.63, 3.8) is 0 Å². The van der Waals surface area contributed by atoms with Gasteiger partial charge in [-0.05, 0) is 37.1 Å². The summed E-state index contributed by atoms with van der Waals surface area (Å²) >= 11 is 1.64. The molecule has 1 atom stereocenters. The number of aliphatic hydroxyl groups excluding tert-OH is 1. The molecule has 6 heteroatoms. The number of hydrogen-bond acceptors (Lipinski definition) is 5. The number of ether oxygens (including phenoxy) is 1. The lowest BCUT2D eigenvalue weighted by Gasteiger charge is -2.33. The summed E-state index contributed by atoms with van der Waals surface area (Å²) in [7, 11) is 0. The lowest BCUT2D eigenvalue weighted by Crippen LogP contribution is -2.45. The van der Waals surface area contributed by atoms with Crippen LogP contribution in [0.4, 0.5) is 5.69 Å². The molecular weight excluding hydrogens is 372 g/mol. The highest BCUT2D eigenvalue weighted by molar-refractivity contribution is 7.10. The van der Waals surface area contributed by atoms with Crippen LogP contribution in [-0.2, 0) is 11.2 Å². The minimum Gasteiger partial charge on any atom is -0.479 e. The summed E-state index contributed by atoms with van der Waals surface area (Å²) in [5.41, 5.74) is 3.82. The van der Waals surface area contributed by atoms with Crippen LogP contribution in [-0.4, -0.2) is 35.3 Å². The molecule has 0 spiro atoms. The number of fused-ring (bicyclic) bond motifs is 1. The number of benzene rings is 2. The Hall–Kier alpha value is -2.70. The zero-order valence-electron chi connectivity index (χ0n) is 15.7. The third kappa shape index (κ3) is 3.79. The van der Waals surface area contributed by atoms with Crippen molar-refractivity contribution in [2.24, 2.45) is 0 Å². The van der Waals surface area contributed by atoms with Gasteiger partial charge in [0.05, 0.1) is 16.4 Å². The van der Waals surface area contributed by atoms with Gasteiger partial charge in [0.25, 0.3) is 5.91 Å². The van der Waals surface area contributed by atoms with Crippen LogP contribution < -0.4 is 9.64 Å². The minimum absolute atomic E-state index is 0.0446. The summed E-state index contributed by atoms with van der Waals surface area (Å²) in [5, 5.41) is 12.3. The van der Waals surface area contributed by atoms with Crippen molar-refractivity contribution in [3.05, 3.63) is 64.5 Å². The Morgan fingerprint density at radius 2 is 2.04 bits per heavy atom. The Morgan fingerprint density at radius 1 is 1.21 bits per heavy atom. The number of aromatic nitrogens is 1. The number of hydrogen-bond donors (Lipinski definition) is 1. The quantitative estimate of drug-likeness (QED) is 0.689. The second-order valence-corrected chi connectivity index (χ2v) is 7.74. The largest absolute Gasteiger partial charge is 0.479 e. The van der Waals surface area contributed by atoms with E-state index in [2.05, 4.69) is 12.1 Å². The maximum absolute atomic E-state index is 12.6. The van der Waals surface area contributed by atoms with Crippen molar-refractivity contribution < 1.29 is 14.6 Å². The standard InChI is InChI=1S/C22H22N2O3S/c1-15-22(26)24(10-5-11-25)19-13-17(8-9-20(19)27-15)18-14-28-21(23-18)12-16-6-3-2-4-7-16/h2-4,6-9,13-15,25H,5,10-12H2,1H3. The smallest absolute Gasteiger partial charge is 0.267 e. The van der Waals surface area contributed by atoms with Gasteiger partial charge in [0.1, 0.15) is 5.75 Å². The second-order valence-electron chi connectivity index (χ2n) is 6.80. The number of nitrogens with zero attached hydrogens (tertiary/aromatic N) is 2. The topological polar surface area (TPSA) is 62.7 Å². The fraction of sp³-hybridized carbons (Fsp3) is 0.273. The van der Waals surface area contributed by atoms with E-state index >= 15 is 0 Å². The van der Waals surface area contributed by atoms with E-state index in [0.29, 0.717) is 18.7 Å². The van der Waals surface area contributed by atoms with E-state index in [9.17, 15) is 9.90 Å². The van der Waals surface area contributed by atoms with Crippen molar-refractivity contribution >= 4 is 22.9 Å². The van der Waals surface area contributed by atoms with Crippen LogP contribution in [0.15, 0.2) is 53.9 Å². The second kappa shape index (κ2) is 8.12. The maximum atomic E-state index is 12.6. The first-order chi connectivity index (χ1) is 13.7. The van der Waals surface area contributed by atoms with Crippen molar-refractivity contribution in [1.29, 1.82) is 0 Å². The lowest BCUT2D eigenvalue weighted by molar-refractivity contribution is -0.125. The third-order valence-corrected chi connectivity index (χ3v) is 5.60. The summed E-state index contributed by atoms with van der Waals surface area (Å²) in [6.07, 6.45) is 0.812. The molecule has 1 aliphatic rings. The highest BCUT2D eigenvalue weighted by atomic mass is 32.1. The molecule has 0 bridgehead atoms. The number of thiazole rings is 1. The Balaban J connectivity index is 1.62. The summed E-state index contributed by atoms with van der Waals surface area (Å²) in [5.74, 6) is 0.606. The molecule has 28 heavy (non-hydrogen) atoms. The van der Waals surface area contributed by atoms with E-state index in [4.69, 9.17) is 9.72 Å². The third-order valence-electron chi connectivity index (χ3n) is 4.75. The molecule has 2 aromatic carbocycles. The summed E-state index contributed by atoms with van der Waals surface area (Å²) in [4.78, 5) is 19.0. The number of carbonyl (C=O) groups is 1. The zero-order valence-corrected chi connectivity index (χ0v) is 16.5. The van der Waals surface area contributed by atoms with Gasteiger partial charge in [-0.3, -0.25) is 4.79 Å². The molecule has 0 saturated heterocycles. The van der Waals surface area contributed by atoms with Crippen molar-refractivity contribution in [1.82, 2.24) is 4.98 Å². The maximum Gasteiger partial charge on any atom is 0.267 e. The Morgan fingerprint density at radius 3 is 2.82 bits per heavy atom. The van der Waals surface area contributed by atoms with Crippen LogP contribution in [0.2, 0.25) is 0 Å². The van der Waals surface area contributed by atoms with Crippen LogP contribution in [0.25, 0.3) is 11.3 Å². The molecule has 0 fully saturated rings. The molecule has 1 unspecified atom stereocenters. The molecule has 144 valence electrons. The van der Waals surface area contributed by atoms with Gasteiger partial charge in [-0.1, -0.05) is 30.3 Å². The molecule has 3 aromatic rings. The highest BCUT2D eigenvalue weighted by Crippen LogP contribution is 2.38. The van der Waals surface area contributed by atoms with E-state index in [-0.39, 0.29) is 12.5 Å². The van der Waals surface area contributed by atoms with Gasteiger partial charge in [0, 0.05) is 30.5 Å². The number of anilines is 1. The molecular formula is C22H22N2O3S. The van der Waals surface area contributed by atoms with Crippen LogP contribution in [0.1, 0.15) is 23.9 Å². The van der Waals surface area contributed by atoms with Crippen LogP contribution in [0, 0.1) is 0 Å². The number of amides is 1. The fourth-order valence-corrected chi connectivity index (χ4v) is 4.16. The van der Waals surface area contributed by atoms with E-state index in [1.165, 1.54) is 5.56 Å². The molecule has 2 heterocycles. The Labute approximate surface area is 168 Å². The average Bonchev–Trinajstić information content (AvgIpc) is 3.17. The molecule has 1 N–H and O–H groups in total. The first kappa shape index (κ1) is 18.7. The van der Waals surface area contributed by atoms with E-state index < -0.39 is 6.10 Å². The summed E-state index contributed by atoms with van der Waals surface area (Å²) in [6, 6.07) is 16.1. The van der Waals surface area contributed by atoms with Gasteiger partial charge in [-0.2, -0.15) is 0 Å². The first-order valence-electron chi connectivity index (χ1n) is 9.37. The predicted molar refractivity (Wildman–Crippen MR) is 111 cm³/mol. The highest BCUT2D eigenvalue weighted by Gasteiger charge is 2.31. The SMILES string of the molecule is CC1Oc2ccc(-c3csc(Cc4ccccc4)n3)cc2N(CCCO)C1=O. The van der Waals surface area contributed by atoms with E-state index in [0.717, 1.165) is 28.4 Å². The minimum atomic E-state index is -0.520. The van der Waals surface area contributed by atoms with Crippen molar-refractivity contribution in [2.75, 3.05) is 18.1 Å². The molecule has 0 saturated carbocycles. The van der Waals surface area contributed by atoms with E-state index in [1.807, 2.05) is 41.8 Å². The number of carbonyl (C=O) groups excluding carboxylic acids is 1. The molecule has 1 aromatic heterocycles. The van der Waals surface area contributed by atoms with Gasteiger partial charge in [-0.15, -0.1) is 11.3 Å². The lowest BCUT2D eigenvalue weighted by atomic mass is 10.1. The normalized spacial score (nSPS) is 16.0. The fourth-order valence-electron chi connectivity index (χ4n) is 3.32. The van der Waals surface area contributed by atoms with Gasteiger partial charge in [0.15, 0.2) is 6.10 Å². The average molecular weight is 394 g/mol. The Kier molecular flexibility index (Phi) is 5.41. The van der Waals surface area contributed by atoms with Gasteiger partial charge in [0.2, 0.25) is 0 Å². The molecule has 1 aliphatic heterocycles. The van der Waals surface area contributed by atoms with Crippen molar-refractivity contribution in [2.45, 2.75) is 25.9 Å². The Bertz CT molecular complexity index is 971. The molecule has 0 aliphatic carbocycles. The molecule has 5 nitrogen and oxygen atoms in total. The van der Waals surface area contributed by atoms with Gasteiger partial charge in [-0.25, -0.2) is 4.98 Å². The van der Waals surface area contributed by atoms with Crippen molar-refractivity contribution in [3.8, 4) is 17.0 Å². The van der Waals surface area contributed by atoms with Crippen LogP contribution in [0.5, 0.6) is 5.75 Å². The van der Waals surface area contributed by atoms with Gasteiger partial charge >= 0.3 is 0 Å². The molecule has 0 radical (unpaired) electrons. The predicted octanol–water partition coefficient (Wildman–Crippen LogP) is 3.90. The van der Waals surface area contributed by atoms with Crippen LogP contribution in [0.3, 0.4) is 0 Å². The number of aliphatic hydroxyl groups is 1. The first-order valence-corrected chi connectivity index (χ1v) is 10.3. The van der Waals surface area contributed by atoms with Gasteiger partial charge < -0.3 is 14.7 Å². The summed E-state index contributed by atoms with van der Waals surface area (Å²) < 4.78 is 5.76. The zero-order chi connectivity index (χ0) is 19.5. The van der Waals surface area contributed by atoms with E-state index in [1.54, 1.807) is 23.2 Å².